The summed E-state index contributed by atoms with van der Waals surface area (Å²) in [5.41, 5.74) is 3.06. The van der Waals surface area contributed by atoms with Crippen LogP contribution in [0.15, 0.2) is 41.5 Å². The monoisotopic (exact) mass is 497 g/mol. The summed E-state index contributed by atoms with van der Waals surface area (Å²) in [6, 6.07) is 4.75. The number of nitrogen functional groups attached to an aromatic ring is 1. The van der Waals surface area contributed by atoms with E-state index in [9.17, 15) is 24.9 Å². The number of fused-ring (bicyclic) bond motifs is 3. The molecule has 1 spiro atoms. The Balaban J connectivity index is 1.64. The Hall–Kier alpha value is -2.68. The number of aliphatic hydroxyl groups excluding tert-OH is 2. The van der Waals surface area contributed by atoms with Crippen LogP contribution in [0.1, 0.15) is 44.5 Å². The zero-order chi connectivity index (χ0) is 26.4. The molecule has 2 bridgehead atoms. The van der Waals surface area contributed by atoms with Gasteiger partial charge in [-0.05, 0) is 59.8 Å². The highest BCUT2D eigenvalue weighted by Crippen LogP contribution is 2.71. The van der Waals surface area contributed by atoms with Gasteiger partial charge < -0.3 is 30.5 Å². The summed E-state index contributed by atoms with van der Waals surface area (Å²) in [5.74, 6) is -1.43. The lowest BCUT2D eigenvalue weighted by Gasteiger charge is -2.48. The number of anilines is 1. The van der Waals surface area contributed by atoms with Crippen LogP contribution in [0.2, 0.25) is 0 Å². The van der Waals surface area contributed by atoms with Crippen LogP contribution in [-0.2, 0) is 9.53 Å². The molecular weight excluding hydrogens is 462 g/mol. The predicted octanol–water partition coefficient (Wildman–Crippen LogP) is 2.27. The Morgan fingerprint density at radius 2 is 1.97 bits per heavy atom. The fourth-order valence-corrected chi connectivity index (χ4v) is 7.70. The van der Waals surface area contributed by atoms with Gasteiger partial charge in [0.1, 0.15) is 17.4 Å². The molecule has 1 aromatic rings. The molecule has 1 aromatic carbocycles. The molecule has 0 amide bonds. The van der Waals surface area contributed by atoms with Crippen LogP contribution in [0.3, 0.4) is 0 Å². The molecule has 8 heteroatoms. The zero-order valence-corrected chi connectivity index (χ0v) is 21.3. The molecule has 2 saturated carbocycles. The van der Waals surface area contributed by atoms with E-state index in [1.807, 2.05) is 6.92 Å². The molecule has 0 aliphatic heterocycles. The molecule has 5 rings (SSSR count). The third kappa shape index (κ3) is 2.92. The molecule has 0 heterocycles. The maximum atomic E-state index is 14.4. The summed E-state index contributed by atoms with van der Waals surface area (Å²) < 4.78 is 11.2. The van der Waals surface area contributed by atoms with Crippen LogP contribution in [-0.4, -0.2) is 58.6 Å². The van der Waals surface area contributed by atoms with Crippen molar-refractivity contribution in [3.63, 3.8) is 0 Å². The number of hydrogen-bond donors (Lipinski definition) is 4. The van der Waals surface area contributed by atoms with E-state index < -0.39 is 41.7 Å². The van der Waals surface area contributed by atoms with Crippen molar-refractivity contribution in [2.45, 2.75) is 51.9 Å². The molecule has 5 N–H and O–H groups in total. The van der Waals surface area contributed by atoms with Crippen molar-refractivity contribution in [3.05, 3.63) is 47.1 Å². The highest BCUT2D eigenvalue weighted by atomic mass is 16.6. The average molecular weight is 498 g/mol. The molecule has 8 atom stereocenters. The number of methoxy groups -OCH3 is 1. The number of ketones is 1. The summed E-state index contributed by atoms with van der Waals surface area (Å²) in [6.07, 6.45) is 1.06. The fraction of sp³-hybridized carbons (Fsp3) is 0.571. The number of nitrogens with two attached hydrogens (primary N) is 1. The Kier molecular flexibility index (Phi) is 5.49. The molecule has 0 unspecified atom stereocenters. The number of esters is 1. The Bertz CT molecular complexity index is 1200. The lowest BCUT2D eigenvalue weighted by Crippen LogP contribution is -2.65. The van der Waals surface area contributed by atoms with E-state index in [0.717, 1.165) is 0 Å². The topological polar surface area (TPSA) is 139 Å². The first-order valence-corrected chi connectivity index (χ1v) is 12.5. The number of rotatable bonds is 4. The van der Waals surface area contributed by atoms with Gasteiger partial charge in [-0.25, -0.2) is 4.79 Å². The Morgan fingerprint density at radius 1 is 1.28 bits per heavy atom. The SMILES string of the molecule is COc1cccc(N)c1C(=O)O[C@H]1C(C)=C[C@@]23C(=O)[C@@H](C=C(CO)[C@@H](O)[C@]12O)[C@H]1[C@@H](C[C@H]3C)C1(C)C. The van der Waals surface area contributed by atoms with Crippen molar-refractivity contribution < 1.29 is 34.4 Å². The molecule has 0 saturated heterocycles. The van der Waals surface area contributed by atoms with Crippen molar-refractivity contribution in [3.8, 4) is 5.75 Å². The summed E-state index contributed by atoms with van der Waals surface area (Å²) in [7, 11) is 1.40. The lowest BCUT2D eigenvalue weighted by molar-refractivity contribution is -0.190. The van der Waals surface area contributed by atoms with Gasteiger partial charge in [0.2, 0.25) is 0 Å². The minimum Gasteiger partial charge on any atom is -0.496 e. The highest BCUT2D eigenvalue weighted by Gasteiger charge is 2.76. The maximum Gasteiger partial charge on any atom is 0.344 e. The van der Waals surface area contributed by atoms with Crippen LogP contribution < -0.4 is 10.5 Å². The Morgan fingerprint density at radius 3 is 2.61 bits per heavy atom. The largest absolute Gasteiger partial charge is 0.496 e. The standard InChI is InChI=1S/C28H35NO7/c1-13-11-27-14(2)9-17-21(26(17,3)4)16(23(27)32)10-15(12-30)22(31)28(27,34)24(13)36-25(33)20-18(29)7-6-8-19(20)35-5/h6-8,10-11,14,16-17,21-22,24,30-31,34H,9,12,29H2,1-5H3/t14-,16+,17-,21+,22-,24+,27-,28+/m1/s1. The first-order chi connectivity index (χ1) is 16.9. The lowest BCUT2D eigenvalue weighted by atomic mass is 9.59. The number of hydrogen-bond acceptors (Lipinski definition) is 8. The average Bonchev–Trinajstić information content (AvgIpc) is 3.32. The van der Waals surface area contributed by atoms with Gasteiger partial charge in [-0.3, -0.25) is 4.79 Å². The van der Waals surface area contributed by atoms with Crippen LogP contribution in [0.4, 0.5) is 5.69 Å². The van der Waals surface area contributed by atoms with Crippen molar-refractivity contribution in [1.82, 2.24) is 0 Å². The van der Waals surface area contributed by atoms with Gasteiger partial charge >= 0.3 is 5.97 Å². The van der Waals surface area contributed by atoms with Gasteiger partial charge in [-0.2, -0.15) is 0 Å². The maximum absolute atomic E-state index is 14.4. The van der Waals surface area contributed by atoms with Gasteiger partial charge in [0.25, 0.3) is 0 Å². The molecule has 4 aliphatic rings. The van der Waals surface area contributed by atoms with Crippen molar-refractivity contribution >= 4 is 17.4 Å². The molecule has 8 nitrogen and oxygen atoms in total. The van der Waals surface area contributed by atoms with Gasteiger partial charge in [-0.1, -0.05) is 39.0 Å². The molecule has 4 aliphatic carbocycles. The normalized spacial score (nSPS) is 40.2. The van der Waals surface area contributed by atoms with Crippen LogP contribution in [0.5, 0.6) is 5.75 Å². The summed E-state index contributed by atoms with van der Waals surface area (Å²) >= 11 is 0. The third-order valence-corrected chi connectivity index (χ3v) is 9.60. The second kappa shape index (κ2) is 7.91. The number of benzene rings is 1. The number of Topliss-reactive ketones (excluding diaryl/α,β-unsaturated/α-hetero) is 1. The second-order valence-electron chi connectivity index (χ2n) is 11.6. The molecule has 2 fully saturated rings. The van der Waals surface area contributed by atoms with E-state index in [1.165, 1.54) is 13.2 Å². The van der Waals surface area contributed by atoms with Gasteiger partial charge in [0, 0.05) is 11.6 Å². The van der Waals surface area contributed by atoms with E-state index in [4.69, 9.17) is 15.2 Å². The first kappa shape index (κ1) is 25.0. The van der Waals surface area contributed by atoms with Gasteiger partial charge in [0.15, 0.2) is 17.5 Å². The van der Waals surface area contributed by atoms with Crippen LogP contribution in [0, 0.1) is 34.5 Å². The van der Waals surface area contributed by atoms with E-state index in [-0.39, 0.29) is 51.5 Å². The number of ether oxygens (including phenoxy) is 2. The summed E-state index contributed by atoms with van der Waals surface area (Å²) in [6.45, 7) is 7.34. The molecule has 194 valence electrons. The van der Waals surface area contributed by atoms with Gasteiger partial charge in [0.05, 0.1) is 19.1 Å². The molecule has 0 aromatic heterocycles. The Labute approximate surface area is 210 Å². The number of carbonyl (C=O) groups is 2. The van der Waals surface area contributed by atoms with Gasteiger partial charge in [-0.15, -0.1) is 0 Å². The predicted molar refractivity (Wildman–Crippen MR) is 132 cm³/mol. The zero-order valence-electron chi connectivity index (χ0n) is 21.3. The van der Waals surface area contributed by atoms with Crippen molar-refractivity contribution in [1.29, 1.82) is 0 Å². The number of carbonyl (C=O) groups excluding carboxylic acids is 2. The smallest absolute Gasteiger partial charge is 0.344 e. The first-order valence-electron chi connectivity index (χ1n) is 12.5. The molecular formula is C28H35NO7. The van der Waals surface area contributed by atoms with Crippen molar-refractivity contribution in [2.24, 2.45) is 34.5 Å². The minimum absolute atomic E-state index is 0.000465. The van der Waals surface area contributed by atoms with Crippen LogP contribution in [0.25, 0.3) is 0 Å². The van der Waals surface area contributed by atoms with E-state index in [1.54, 1.807) is 31.2 Å². The summed E-state index contributed by atoms with van der Waals surface area (Å²) in [4.78, 5) is 27.8. The molecule has 36 heavy (non-hydrogen) atoms. The highest BCUT2D eigenvalue weighted by molar-refractivity contribution is 5.99. The number of allylic oxidation sites excluding steroid dienone is 1. The molecule has 0 radical (unpaired) electrons. The van der Waals surface area contributed by atoms with Crippen LogP contribution >= 0.6 is 0 Å². The quantitative estimate of drug-likeness (QED) is 0.282. The minimum atomic E-state index is -2.20. The number of aliphatic hydroxyl groups is 3. The summed E-state index contributed by atoms with van der Waals surface area (Å²) in [5, 5.41) is 34.3. The van der Waals surface area contributed by atoms with E-state index in [2.05, 4.69) is 13.8 Å². The van der Waals surface area contributed by atoms with Crippen molar-refractivity contribution in [2.75, 3.05) is 19.5 Å². The second-order valence-corrected chi connectivity index (χ2v) is 11.6. The third-order valence-electron chi connectivity index (χ3n) is 9.60. The van der Waals surface area contributed by atoms with E-state index >= 15 is 0 Å². The van der Waals surface area contributed by atoms with E-state index in [0.29, 0.717) is 12.0 Å². The fourth-order valence-electron chi connectivity index (χ4n) is 7.70.